The summed E-state index contributed by atoms with van der Waals surface area (Å²) in [5.41, 5.74) is 0. The van der Waals surface area contributed by atoms with Gasteiger partial charge in [0.25, 0.3) is 0 Å². The topological polar surface area (TPSA) is 49.9 Å². The minimum Gasteiger partial charge on any atom is -0.468 e. The van der Waals surface area contributed by atoms with E-state index in [1.165, 1.54) is 12.0 Å². The van der Waals surface area contributed by atoms with E-state index >= 15 is 0 Å². The van der Waals surface area contributed by atoms with E-state index < -0.39 is 24.1 Å². The van der Waals surface area contributed by atoms with Crippen molar-refractivity contribution in [2.75, 3.05) is 33.3 Å². The van der Waals surface area contributed by atoms with Gasteiger partial charge in [-0.3, -0.25) is 14.5 Å². The number of halogens is 3. The lowest BCUT2D eigenvalue weighted by Gasteiger charge is -2.35. The largest absolute Gasteiger partial charge is 0.468 e. The van der Waals surface area contributed by atoms with Gasteiger partial charge in [0.15, 0.2) is 0 Å². The van der Waals surface area contributed by atoms with Gasteiger partial charge in [0.2, 0.25) is 5.91 Å². The summed E-state index contributed by atoms with van der Waals surface area (Å²) in [6.45, 7) is 0.633. The Morgan fingerprint density at radius 3 is 2.50 bits per heavy atom. The molecular weight excluding hydrogens is 301 g/mol. The molecule has 8 heteroatoms. The first kappa shape index (κ1) is 17.1. The summed E-state index contributed by atoms with van der Waals surface area (Å²) in [5.74, 6) is -2.18. The number of nitrogens with zero attached hydrogens (tertiary/aromatic N) is 2. The van der Waals surface area contributed by atoms with E-state index in [0.29, 0.717) is 25.9 Å². The molecule has 0 aliphatic carbocycles. The zero-order valence-electron chi connectivity index (χ0n) is 12.6. The maximum absolute atomic E-state index is 12.8. The number of hydrogen-bond donors (Lipinski definition) is 0. The molecule has 5 nitrogen and oxygen atoms in total. The van der Waals surface area contributed by atoms with Crippen molar-refractivity contribution >= 4 is 11.9 Å². The third kappa shape index (κ3) is 3.91. The lowest BCUT2D eigenvalue weighted by atomic mass is 9.97. The van der Waals surface area contributed by atoms with E-state index in [2.05, 4.69) is 0 Å². The third-order valence-corrected chi connectivity index (χ3v) is 4.41. The number of piperidine rings is 1. The predicted molar refractivity (Wildman–Crippen MR) is 72.0 cm³/mol. The van der Waals surface area contributed by atoms with Crippen molar-refractivity contribution in [3.05, 3.63) is 0 Å². The number of amides is 1. The molecule has 2 rings (SSSR count). The second-order valence-electron chi connectivity index (χ2n) is 5.87. The van der Waals surface area contributed by atoms with Crippen molar-refractivity contribution in [2.45, 2.75) is 37.9 Å². The highest BCUT2D eigenvalue weighted by molar-refractivity contribution is 5.81. The van der Waals surface area contributed by atoms with Crippen LogP contribution in [0.3, 0.4) is 0 Å². The van der Waals surface area contributed by atoms with Gasteiger partial charge in [-0.2, -0.15) is 13.2 Å². The van der Waals surface area contributed by atoms with Crippen LogP contribution in [0.1, 0.15) is 25.7 Å². The molecule has 0 aromatic rings. The number of hydrogen-bond acceptors (Lipinski definition) is 4. The number of rotatable bonds is 3. The Balaban J connectivity index is 1.93. The summed E-state index contributed by atoms with van der Waals surface area (Å²) in [6, 6.07) is -0.461. The van der Waals surface area contributed by atoms with Gasteiger partial charge >= 0.3 is 12.1 Å². The number of carbonyl (C=O) groups excluding carboxylic acids is 2. The van der Waals surface area contributed by atoms with Crippen LogP contribution in [0.5, 0.6) is 0 Å². The van der Waals surface area contributed by atoms with E-state index in [1.807, 2.05) is 0 Å². The molecule has 2 fully saturated rings. The average molecular weight is 322 g/mol. The van der Waals surface area contributed by atoms with Gasteiger partial charge < -0.3 is 9.64 Å². The van der Waals surface area contributed by atoms with Crippen LogP contribution < -0.4 is 0 Å². The SMILES string of the molecule is COC(=O)[C@@H]1CCCN1CC(=O)N1CCC[C@H](C(F)(F)F)C1. The van der Waals surface area contributed by atoms with Crippen LogP contribution in [0.25, 0.3) is 0 Å². The molecule has 2 heterocycles. The van der Waals surface area contributed by atoms with Gasteiger partial charge in [0.05, 0.1) is 19.6 Å². The maximum atomic E-state index is 12.8. The second-order valence-corrected chi connectivity index (χ2v) is 5.87. The van der Waals surface area contributed by atoms with Crippen LogP contribution in [-0.2, 0) is 14.3 Å². The standard InChI is InChI=1S/C14H21F3N2O3/c1-22-13(21)11-5-3-6-18(11)9-12(20)19-7-2-4-10(8-19)14(15,16)17/h10-11H,2-9H2,1H3/t10-,11-/m0/s1. The Bertz CT molecular complexity index is 428. The van der Waals surface area contributed by atoms with Gasteiger partial charge in [-0.1, -0.05) is 0 Å². The first-order chi connectivity index (χ1) is 10.3. The third-order valence-electron chi connectivity index (χ3n) is 4.41. The zero-order valence-corrected chi connectivity index (χ0v) is 12.6. The van der Waals surface area contributed by atoms with E-state index in [1.54, 1.807) is 4.90 Å². The first-order valence-corrected chi connectivity index (χ1v) is 7.49. The Kier molecular flexibility index (Phi) is 5.31. The molecule has 0 radical (unpaired) electrons. The fourth-order valence-corrected chi connectivity index (χ4v) is 3.16. The maximum Gasteiger partial charge on any atom is 0.393 e. The van der Waals surface area contributed by atoms with Crippen LogP contribution >= 0.6 is 0 Å². The minimum atomic E-state index is -4.26. The fourth-order valence-electron chi connectivity index (χ4n) is 3.16. The Morgan fingerprint density at radius 2 is 1.86 bits per heavy atom. The van der Waals surface area contributed by atoms with Crippen LogP contribution in [0.4, 0.5) is 13.2 Å². The number of methoxy groups -OCH3 is 1. The van der Waals surface area contributed by atoms with E-state index in [4.69, 9.17) is 4.74 Å². The zero-order chi connectivity index (χ0) is 16.3. The number of carbonyl (C=O) groups is 2. The summed E-state index contributed by atoms with van der Waals surface area (Å²) in [7, 11) is 1.29. The smallest absolute Gasteiger partial charge is 0.393 e. The van der Waals surface area contributed by atoms with Crippen molar-refractivity contribution in [1.29, 1.82) is 0 Å². The number of esters is 1. The predicted octanol–water partition coefficient (Wildman–Crippen LogP) is 1.42. The number of ether oxygens (including phenoxy) is 1. The molecule has 0 unspecified atom stereocenters. The molecule has 1 amide bonds. The number of likely N-dealkylation sites (tertiary alicyclic amines) is 2. The lowest BCUT2D eigenvalue weighted by molar-refractivity contribution is -0.188. The van der Waals surface area contributed by atoms with Gasteiger partial charge in [0.1, 0.15) is 6.04 Å². The highest BCUT2D eigenvalue weighted by Crippen LogP contribution is 2.33. The van der Waals surface area contributed by atoms with Crippen LogP contribution in [0.2, 0.25) is 0 Å². The molecule has 0 bridgehead atoms. The Morgan fingerprint density at radius 1 is 1.18 bits per heavy atom. The molecule has 0 aromatic heterocycles. The molecule has 0 saturated carbocycles. The molecular formula is C14H21F3N2O3. The lowest BCUT2D eigenvalue weighted by Crippen LogP contribution is -2.49. The Labute approximate surface area is 127 Å². The van der Waals surface area contributed by atoms with Crippen LogP contribution in [-0.4, -0.2) is 67.2 Å². The molecule has 0 aromatic carbocycles. The summed E-state index contributed by atoms with van der Waals surface area (Å²) in [5, 5.41) is 0. The van der Waals surface area contributed by atoms with Crippen LogP contribution in [0, 0.1) is 5.92 Å². The van der Waals surface area contributed by atoms with E-state index in [0.717, 1.165) is 6.42 Å². The molecule has 22 heavy (non-hydrogen) atoms. The molecule has 126 valence electrons. The summed E-state index contributed by atoms with van der Waals surface area (Å²) >= 11 is 0. The molecule has 2 aliphatic rings. The normalized spacial score (nSPS) is 27.0. The minimum absolute atomic E-state index is 0.0235. The summed E-state index contributed by atoms with van der Waals surface area (Å²) in [6.07, 6.45) is -2.44. The molecule has 2 aliphatic heterocycles. The highest BCUT2D eigenvalue weighted by Gasteiger charge is 2.43. The monoisotopic (exact) mass is 322 g/mol. The van der Waals surface area contributed by atoms with Crippen molar-refractivity contribution in [3.8, 4) is 0 Å². The quantitative estimate of drug-likeness (QED) is 0.738. The molecule has 2 saturated heterocycles. The van der Waals surface area contributed by atoms with E-state index in [-0.39, 0.29) is 25.4 Å². The highest BCUT2D eigenvalue weighted by atomic mass is 19.4. The molecule has 0 N–H and O–H groups in total. The van der Waals surface area contributed by atoms with Gasteiger partial charge in [0, 0.05) is 13.1 Å². The van der Waals surface area contributed by atoms with Crippen molar-refractivity contribution in [3.63, 3.8) is 0 Å². The second kappa shape index (κ2) is 6.85. The van der Waals surface area contributed by atoms with Crippen molar-refractivity contribution < 1.29 is 27.5 Å². The fraction of sp³-hybridized carbons (Fsp3) is 0.857. The van der Waals surface area contributed by atoms with Crippen molar-refractivity contribution in [2.24, 2.45) is 5.92 Å². The van der Waals surface area contributed by atoms with Gasteiger partial charge in [-0.05, 0) is 32.2 Å². The van der Waals surface area contributed by atoms with Crippen molar-refractivity contribution in [1.82, 2.24) is 9.80 Å². The average Bonchev–Trinajstić information content (AvgIpc) is 2.93. The molecule has 0 spiro atoms. The Hall–Kier alpha value is -1.31. The van der Waals surface area contributed by atoms with Gasteiger partial charge in [-0.15, -0.1) is 0 Å². The first-order valence-electron chi connectivity index (χ1n) is 7.49. The molecule has 2 atom stereocenters. The van der Waals surface area contributed by atoms with E-state index in [9.17, 15) is 22.8 Å². The number of alkyl halides is 3. The summed E-state index contributed by atoms with van der Waals surface area (Å²) in [4.78, 5) is 26.8. The summed E-state index contributed by atoms with van der Waals surface area (Å²) < 4.78 is 43.1. The van der Waals surface area contributed by atoms with Crippen LogP contribution in [0.15, 0.2) is 0 Å². The van der Waals surface area contributed by atoms with Gasteiger partial charge in [-0.25, -0.2) is 0 Å².